The molecule has 0 aliphatic heterocycles. The van der Waals surface area contributed by atoms with Crippen molar-refractivity contribution >= 4 is 22.6 Å². The van der Waals surface area contributed by atoms with E-state index in [0.717, 1.165) is 27.8 Å². The van der Waals surface area contributed by atoms with Crippen molar-refractivity contribution in [3.8, 4) is 0 Å². The first-order chi connectivity index (χ1) is 12.5. The van der Waals surface area contributed by atoms with E-state index >= 15 is 0 Å². The second-order valence-corrected chi connectivity index (χ2v) is 6.06. The summed E-state index contributed by atoms with van der Waals surface area (Å²) in [5.41, 5.74) is 4.82. The van der Waals surface area contributed by atoms with E-state index in [0.29, 0.717) is 23.3 Å². The highest BCUT2D eigenvalue weighted by atomic mass is 16.5. The number of benzene rings is 1. The normalized spacial score (nSPS) is 10.6. The number of carbonyl (C=O) groups is 1. The van der Waals surface area contributed by atoms with Gasteiger partial charge < -0.3 is 9.47 Å². The maximum atomic E-state index is 12.2. The summed E-state index contributed by atoms with van der Waals surface area (Å²) in [6, 6.07) is 9.64. The van der Waals surface area contributed by atoms with Gasteiger partial charge in [0.1, 0.15) is 5.76 Å². The van der Waals surface area contributed by atoms with Crippen molar-refractivity contribution in [1.29, 1.82) is 0 Å². The van der Waals surface area contributed by atoms with Crippen LogP contribution in [0.3, 0.4) is 0 Å². The Morgan fingerprint density at radius 2 is 1.92 bits per heavy atom. The number of hydrogen-bond acceptors (Lipinski definition) is 5. The van der Waals surface area contributed by atoms with Crippen LogP contribution in [0, 0.1) is 6.92 Å². The number of aromatic nitrogens is 2. The fourth-order valence-electron chi connectivity index (χ4n) is 2.86. The van der Waals surface area contributed by atoms with Gasteiger partial charge in [0.05, 0.1) is 25.3 Å². The lowest BCUT2D eigenvalue weighted by atomic mass is 10.00. The molecule has 0 saturated carbocycles. The lowest BCUT2D eigenvalue weighted by Crippen LogP contribution is -2.05. The topological polar surface area (TPSA) is 61.3 Å². The molecule has 0 unspecified atom stereocenters. The van der Waals surface area contributed by atoms with Crippen LogP contribution in [0.1, 0.15) is 32.7 Å². The third-order valence-corrected chi connectivity index (χ3v) is 4.16. The molecule has 26 heavy (non-hydrogen) atoms. The zero-order valence-electron chi connectivity index (χ0n) is 15.1. The average Bonchev–Trinajstić information content (AvgIpc) is 2.66. The van der Waals surface area contributed by atoms with E-state index in [2.05, 4.69) is 16.5 Å². The van der Waals surface area contributed by atoms with Crippen molar-refractivity contribution in [2.75, 3.05) is 14.2 Å². The second-order valence-electron chi connectivity index (χ2n) is 6.06. The zero-order chi connectivity index (χ0) is 18.7. The van der Waals surface area contributed by atoms with Gasteiger partial charge in [-0.25, -0.2) is 4.79 Å². The molecule has 0 amide bonds. The van der Waals surface area contributed by atoms with Gasteiger partial charge in [-0.3, -0.25) is 9.97 Å². The largest absolute Gasteiger partial charge is 0.497 e. The second kappa shape index (κ2) is 7.35. The summed E-state index contributed by atoms with van der Waals surface area (Å²) in [6.45, 7) is 5.84. The first-order valence-electron chi connectivity index (χ1n) is 8.17. The minimum Gasteiger partial charge on any atom is -0.497 e. The minimum atomic E-state index is -0.400. The molecule has 3 aromatic rings. The maximum Gasteiger partial charge on any atom is 0.340 e. The van der Waals surface area contributed by atoms with Gasteiger partial charge in [-0.1, -0.05) is 6.58 Å². The standard InChI is InChI=1S/C21H20N2O3/c1-13-7-17-8-15(10-19(21(24)26-4)20(17)23-12-13)9-18-11-16(5-6-22-18)14(2)25-3/h5-8,10-12H,2,9H2,1,3-4H3. The van der Waals surface area contributed by atoms with E-state index in [1.807, 2.05) is 37.3 Å². The lowest BCUT2D eigenvalue weighted by molar-refractivity contribution is 0.0602. The molecule has 0 aliphatic rings. The van der Waals surface area contributed by atoms with Gasteiger partial charge in [0, 0.05) is 35.5 Å². The molecule has 2 aromatic heterocycles. The van der Waals surface area contributed by atoms with Crippen molar-refractivity contribution < 1.29 is 14.3 Å². The summed E-state index contributed by atoms with van der Waals surface area (Å²) in [4.78, 5) is 21.0. The van der Waals surface area contributed by atoms with Gasteiger partial charge in [-0.2, -0.15) is 0 Å². The number of rotatable bonds is 5. The first-order valence-corrected chi connectivity index (χ1v) is 8.17. The molecule has 0 radical (unpaired) electrons. The van der Waals surface area contributed by atoms with Crippen LogP contribution in [0.25, 0.3) is 16.7 Å². The van der Waals surface area contributed by atoms with Crippen molar-refractivity contribution in [3.63, 3.8) is 0 Å². The molecule has 0 spiro atoms. The van der Waals surface area contributed by atoms with E-state index in [1.165, 1.54) is 7.11 Å². The van der Waals surface area contributed by atoms with E-state index in [9.17, 15) is 4.79 Å². The Morgan fingerprint density at radius 3 is 2.65 bits per heavy atom. The SMILES string of the molecule is C=C(OC)c1ccnc(Cc2cc(C(=O)OC)c3ncc(C)cc3c2)c1. The number of methoxy groups -OCH3 is 2. The number of fused-ring (bicyclic) bond motifs is 1. The van der Waals surface area contributed by atoms with Crippen LogP contribution >= 0.6 is 0 Å². The molecule has 0 bridgehead atoms. The van der Waals surface area contributed by atoms with Crippen molar-refractivity contribution in [3.05, 3.63) is 77.3 Å². The van der Waals surface area contributed by atoms with Crippen molar-refractivity contribution in [2.24, 2.45) is 0 Å². The summed E-state index contributed by atoms with van der Waals surface area (Å²) >= 11 is 0. The van der Waals surface area contributed by atoms with E-state index in [1.54, 1.807) is 19.5 Å². The molecule has 1 aromatic carbocycles. The van der Waals surface area contributed by atoms with Crippen molar-refractivity contribution in [1.82, 2.24) is 9.97 Å². The van der Waals surface area contributed by atoms with Crippen LogP contribution in [0.2, 0.25) is 0 Å². The quantitative estimate of drug-likeness (QED) is 0.516. The molecule has 0 atom stereocenters. The highest BCUT2D eigenvalue weighted by molar-refractivity contribution is 6.03. The van der Waals surface area contributed by atoms with Crippen molar-refractivity contribution in [2.45, 2.75) is 13.3 Å². The van der Waals surface area contributed by atoms with Gasteiger partial charge in [0.15, 0.2) is 0 Å². The Morgan fingerprint density at radius 1 is 1.12 bits per heavy atom. The van der Waals surface area contributed by atoms with E-state index in [-0.39, 0.29) is 0 Å². The Hall–Kier alpha value is -3.21. The van der Waals surface area contributed by atoms with Gasteiger partial charge in [0.25, 0.3) is 0 Å². The Bertz CT molecular complexity index is 996. The number of nitrogens with zero attached hydrogens (tertiary/aromatic N) is 2. The van der Waals surface area contributed by atoms with Gasteiger partial charge >= 0.3 is 5.97 Å². The molecule has 3 rings (SSSR count). The third-order valence-electron chi connectivity index (χ3n) is 4.16. The average molecular weight is 348 g/mol. The molecule has 2 heterocycles. The van der Waals surface area contributed by atoms with E-state index in [4.69, 9.17) is 9.47 Å². The van der Waals surface area contributed by atoms with Crippen LogP contribution in [-0.2, 0) is 15.9 Å². The van der Waals surface area contributed by atoms with Crippen LogP contribution in [0.5, 0.6) is 0 Å². The summed E-state index contributed by atoms with van der Waals surface area (Å²) in [7, 11) is 2.96. The van der Waals surface area contributed by atoms with Gasteiger partial charge in [0.2, 0.25) is 0 Å². The Kier molecular flexibility index (Phi) is 4.98. The van der Waals surface area contributed by atoms with Gasteiger partial charge in [-0.05, 0) is 48.4 Å². The summed E-state index contributed by atoms with van der Waals surface area (Å²) in [5.74, 6) is 0.185. The maximum absolute atomic E-state index is 12.2. The van der Waals surface area contributed by atoms with Gasteiger partial charge in [-0.15, -0.1) is 0 Å². The number of hydrogen-bond donors (Lipinski definition) is 0. The minimum absolute atomic E-state index is 0.400. The van der Waals surface area contributed by atoms with Crippen LogP contribution < -0.4 is 0 Å². The van der Waals surface area contributed by atoms with E-state index < -0.39 is 5.97 Å². The fourth-order valence-corrected chi connectivity index (χ4v) is 2.86. The highest BCUT2D eigenvalue weighted by Gasteiger charge is 2.14. The molecule has 5 heteroatoms. The number of esters is 1. The third kappa shape index (κ3) is 3.57. The number of pyridine rings is 2. The highest BCUT2D eigenvalue weighted by Crippen LogP contribution is 2.23. The lowest BCUT2D eigenvalue weighted by Gasteiger charge is -2.10. The predicted octanol–water partition coefficient (Wildman–Crippen LogP) is 3.93. The molecule has 0 fully saturated rings. The summed E-state index contributed by atoms with van der Waals surface area (Å²) < 4.78 is 10.1. The molecular formula is C21H20N2O3. The molecule has 0 aliphatic carbocycles. The monoisotopic (exact) mass is 348 g/mol. The molecule has 0 saturated heterocycles. The number of carbonyl (C=O) groups excluding carboxylic acids is 1. The zero-order valence-corrected chi connectivity index (χ0v) is 15.1. The smallest absolute Gasteiger partial charge is 0.340 e. The molecular weight excluding hydrogens is 328 g/mol. The van der Waals surface area contributed by atoms with Crippen LogP contribution in [-0.4, -0.2) is 30.2 Å². The molecule has 132 valence electrons. The number of ether oxygens (including phenoxy) is 2. The number of aryl methyl sites for hydroxylation is 1. The predicted molar refractivity (Wildman–Crippen MR) is 101 cm³/mol. The summed E-state index contributed by atoms with van der Waals surface area (Å²) in [6.07, 6.45) is 4.04. The fraction of sp³-hybridized carbons (Fsp3) is 0.190. The molecule has 0 N–H and O–H groups in total. The molecule has 5 nitrogen and oxygen atoms in total. The summed E-state index contributed by atoms with van der Waals surface area (Å²) in [5, 5.41) is 0.903. The Labute approximate surface area is 152 Å². The van der Waals surface area contributed by atoms with Crippen LogP contribution in [0.15, 0.2) is 49.3 Å². The first kappa shape index (κ1) is 17.6. The van der Waals surface area contributed by atoms with Crippen LogP contribution in [0.4, 0.5) is 0 Å². The Balaban J connectivity index is 2.05.